The van der Waals surface area contributed by atoms with Gasteiger partial charge in [0.15, 0.2) is 17.5 Å². The summed E-state index contributed by atoms with van der Waals surface area (Å²) in [7, 11) is 0. The zero-order valence-electron chi connectivity index (χ0n) is 33.2. The lowest BCUT2D eigenvalue weighted by molar-refractivity contribution is 1.07. The third kappa shape index (κ3) is 6.86. The van der Waals surface area contributed by atoms with Crippen molar-refractivity contribution < 1.29 is 0 Å². The maximum absolute atomic E-state index is 5.23. The molecular weight excluding hydrogens is 741 g/mol. The molecule has 9 aromatic carbocycles. The smallest absolute Gasteiger partial charge is 0.164 e. The Hall–Kier alpha value is -8.21. The molecule has 11 rings (SSSR count). The van der Waals surface area contributed by atoms with Crippen molar-refractivity contribution in [2.75, 3.05) is 0 Å². The highest BCUT2D eigenvalue weighted by molar-refractivity contribution is 6.11. The second kappa shape index (κ2) is 15.5. The fraction of sp³-hybridized carbons (Fsp3) is 0. The molecule has 0 saturated heterocycles. The Morgan fingerprint density at radius 1 is 0.246 bits per heavy atom. The Morgan fingerprint density at radius 3 is 1.05 bits per heavy atom. The third-order valence-electron chi connectivity index (χ3n) is 11.5. The van der Waals surface area contributed by atoms with Crippen LogP contribution in [0.2, 0.25) is 0 Å². The van der Waals surface area contributed by atoms with Gasteiger partial charge < -0.3 is 4.57 Å². The summed E-state index contributed by atoms with van der Waals surface area (Å²) in [5.74, 6) is 1.85. The first-order chi connectivity index (χ1) is 30.2. The van der Waals surface area contributed by atoms with Crippen LogP contribution in [0.3, 0.4) is 0 Å². The first-order valence-corrected chi connectivity index (χ1v) is 20.6. The number of nitrogens with zero attached hydrogens (tertiary/aromatic N) is 4. The Kier molecular flexibility index (Phi) is 9.14. The molecule has 0 aliphatic carbocycles. The third-order valence-corrected chi connectivity index (χ3v) is 11.5. The van der Waals surface area contributed by atoms with Crippen molar-refractivity contribution in [2.45, 2.75) is 0 Å². The Morgan fingerprint density at radius 2 is 0.574 bits per heavy atom. The minimum Gasteiger partial charge on any atom is -0.309 e. The fourth-order valence-electron chi connectivity index (χ4n) is 8.41. The van der Waals surface area contributed by atoms with Gasteiger partial charge in [-0.2, -0.15) is 0 Å². The highest BCUT2D eigenvalue weighted by Crippen LogP contribution is 2.41. The average Bonchev–Trinajstić information content (AvgIpc) is 3.68. The van der Waals surface area contributed by atoms with Crippen LogP contribution in [0, 0.1) is 0 Å². The van der Waals surface area contributed by atoms with Crippen molar-refractivity contribution in [3.05, 3.63) is 231 Å². The number of hydrogen-bond acceptors (Lipinski definition) is 3. The van der Waals surface area contributed by atoms with Gasteiger partial charge in [0.25, 0.3) is 0 Å². The van der Waals surface area contributed by atoms with Crippen molar-refractivity contribution in [3.63, 3.8) is 0 Å². The molecule has 2 aromatic heterocycles. The molecule has 61 heavy (non-hydrogen) atoms. The number of fused-ring (bicyclic) bond motifs is 3. The molecule has 11 aromatic rings. The Labute approximate surface area is 354 Å². The van der Waals surface area contributed by atoms with Gasteiger partial charge in [0, 0.05) is 33.0 Å². The van der Waals surface area contributed by atoms with Gasteiger partial charge in [-0.25, -0.2) is 15.0 Å². The van der Waals surface area contributed by atoms with Gasteiger partial charge >= 0.3 is 0 Å². The summed E-state index contributed by atoms with van der Waals surface area (Å²) in [5.41, 5.74) is 15.2. The molecule has 0 aliphatic rings. The van der Waals surface area contributed by atoms with Crippen molar-refractivity contribution >= 4 is 21.8 Å². The van der Waals surface area contributed by atoms with Gasteiger partial charge in [0.05, 0.1) is 16.7 Å². The van der Waals surface area contributed by atoms with E-state index in [1.165, 1.54) is 27.5 Å². The van der Waals surface area contributed by atoms with Gasteiger partial charge in [-0.05, 0) is 57.1 Å². The quantitative estimate of drug-likeness (QED) is 0.154. The van der Waals surface area contributed by atoms with Crippen LogP contribution >= 0.6 is 0 Å². The molecule has 2 heterocycles. The molecule has 0 spiro atoms. The fourth-order valence-corrected chi connectivity index (χ4v) is 8.41. The van der Waals surface area contributed by atoms with E-state index >= 15 is 0 Å². The molecule has 0 N–H and O–H groups in total. The number of rotatable bonds is 8. The summed E-state index contributed by atoms with van der Waals surface area (Å²) in [6.07, 6.45) is 0. The van der Waals surface area contributed by atoms with Crippen LogP contribution in [-0.4, -0.2) is 19.5 Å². The second-order valence-corrected chi connectivity index (χ2v) is 15.2. The topological polar surface area (TPSA) is 43.6 Å². The first kappa shape index (κ1) is 35.9. The maximum Gasteiger partial charge on any atom is 0.164 e. The van der Waals surface area contributed by atoms with Crippen LogP contribution in [0.5, 0.6) is 0 Å². The van der Waals surface area contributed by atoms with E-state index in [0.717, 1.165) is 61.2 Å². The summed E-state index contributed by atoms with van der Waals surface area (Å²) in [5, 5.41) is 2.37. The normalized spacial score (nSPS) is 11.3. The van der Waals surface area contributed by atoms with Crippen LogP contribution in [0.15, 0.2) is 231 Å². The van der Waals surface area contributed by atoms with Crippen molar-refractivity contribution in [1.29, 1.82) is 0 Å². The van der Waals surface area contributed by atoms with Gasteiger partial charge in [0.2, 0.25) is 0 Å². The number of benzene rings is 9. The lowest BCUT2D eigenvalue weighted by Crippen LogP contribution is -2.02. The zero-order chi connectivity index (χ0) is 40.5. The van der Waals surface area contributed by atoms with Gasteiger partial charge in [-0.1, -0.05) is 212 Å². The van der Waals surface area contributed by atoms with Crippen LogP contribution in [0.25, 0.3) is 106 Å². The summed E-state index contributed by atoms with van der Waals surface area (Å²) in [4.78, 5) is 15.5. The van der Waals surface area contributed by atoms with E-state index in [2.05, 4.69) is 211 Å². The Balaban J connectivity index is 1.16. The van der Waals surface area contributed by atoms with Gasteiger partial charge in [0.1, 0.15) is 0 Å². The summed E-state index contributed by atoms with van der Waals surface area (Å²) >= 11 is 0. The predicted molar refractivity (Wildman–Crippen MR) is 252 cm³/mol. The highest BCUT2D eigenvalue weighted by Gasteiger charge is 2.20. The highest BCUT2D eigenvalue weighted by atomic mass is 15.0. The molecule has 0 bridgehead atoms. The molecular formula is C57H38N4. The van der Waals surface area contributed by atoms with Crippen LogP contribution in [-0.2, 0) is 0 Å². The monoisotopic (exact) mass is 778 g/mol. The first-order valence-electron chi connectivity index (χ1n) is 20.6. The number of hydrogen-bond donors (Lipinski definition) is 0. The summed E-state index contributed by atoms with van der Waals surface area (Å²) in [6, 6.07) is 81.3. The average molecular weight is 779 g/mol. The molecule has 0 amide bonds. The van der Waals surface area contributed by atoms with E-state index in [9.17, 15) is 0 Å². The van der Waals surface area contributed by atoms with E-state index < -0.39 is 0 Å². The Bertz CT molecular complexity index is 3210. The van der Waals surface area contributed by atoms with E-state index in [4.69, 9.17) is 15.0 Å². The molecule has 0 saturated carbocycles. The SMILES string of the molecule is c1ccc(-c2ccc(-c3nc(-c4ccccc4)nc(-c4ccc(-c5ccccc5)c(-n5c6cc(-c7ccccc7)ccc6c6ccc(-c7ccccc7)cc65)c4)n3)cc2)cc1. The molecule has 0 aliphatic heterocycles. The minimum absolute atomic E-state index is 0.604. The van der Waals surface area contributed by atoms with Crippen molar-refractivity contribution in [2.24, 2.45) is 0 Å². The van der Waals surface area contributed by atoms with Crippen LogP contribution < -0.4 is 0 Å². The standard InChI is InChI=1S/C57H38N4/c1-6-16-39(17-7-1)42-26-28-45(29-27-42)56-58-55(44-24-14-5-15-25-44)59-57(60-56)48-32-33-49(43-22-12-4-13-23-43)52(38-48)61-53-36-46(40-18-8-2-9-19-40)30-34-50(53)51-35-31-47(37-54(51)61)41-20-10-3-11-21-41/h1-38H. The molecule has 0 radical (unpaired) electrons. The molecule has 0 unspecified atom stereocenters. The lowest BCUT2D eigenvalue weighted by atomic mass is 10.00. The molecule has 0 fully saturated rings. The van der Waals surface area contributed by atoms with E-state index in [-0.39, 0.29) is 0 Å². The van der Waals surface area contributed by atoms with E-state index in [1.807, 2.05) is 24.3 Å². The van der Waals surface area contributed by atoms with Crippen LogP contribution in [0.1, 0.15) is 0 Å². The minimum atomic E-state index is 0.604. The predicted octanol–water partition coefficient (Wildman–Crippen LogP) is 14.6. The van der Waals surface area contributed by atoms with Crippen LogP contribution in [0.4, 0.5) is 0 Å². The lowest BCUT2D eigenvalue weighted by Gasteiger charge is -2.17. The molecule has 4 nitrogen and oxygen atoms in total. The number of aromatic nitrogens is 4. The van der Waals surface area contributed by atoms with E-state index in [0.29, 0.717) is 17.5 Å². The van der Waals surface area contributed by atoms with E-state index in [1.54, 1.807) is 0 Å². The molecule has 286 valence electrons. The molecule has 0 atom stereocenters. The summed E-state index contributed by atoms with van der Waals surface area (Å²) in [6.45, 7) is 0. The van der Waals surface area contributed by atoms with Crippen molar-refractivity contribution in [1.82, 2.24) is 19.5 Å². The van der Waals surface area contributed by atoms with Crippen molar-refractivity contribution in [3.8, 4) is 84.4 Å². The zero-order valence-corrected chi connectivity index (χ0v) is 33.2. The van der Waals surface area contributed by atoms with Gasteiger partial charge in [-0.15, -0.1) is 0 Å². The second-order valence-electron chi connectivity index (χ2n) is 15.2. The van der Waals surface area contributed by atoms with Gasteiger partial charge in [-0.3, -0.25) is 0 Å². The molecule has 4 heteroatoms. The summed E-state index contributed by atoms with van der Waals surface area (Å²) < 4.78 is 2.44. The maximum atomic E-state index is 5.23. The largest absolute Gasteiger partial charge is 0.309 e.